The molecule has 0 aromatic carbocycles. The summed E-state index contributed by atoms with van der Waals surface area (Å²) in [5.74, 6) is 0.937. The Morgan fingerprint density at radius 3 is 2.75 bits per heavy atom. The molecule has 4 nitrogen and oxygen atoms in total. The lowest BCUT2D eigenvalue weighted by Crippen LogP contribution is -2.37. The Balaban J connectivity index is 2.20. The number of aromatic nitrogens is 3. The van der Waals surface area contributed by atoms with E-state index in [2.05, 4.69) is 41.3 Å². The van der Waals surface area contributed by atoms with Gasteiger partial charge in [-0.25, -0.2) is 4.98 Å². The van der Waals surface area contributed by atoms with Gasteiger partial charge in [0.25, 0.3) is 0 Å². The van der Waals surface area contributed by atoms with E-state index >= 15 is 0 Å². The van der Waals surface area contributed by atoms with Crippen LogP contribution in [0.15, 0.2) is 6.33 Å². The standard InChI is InChI=1S/C8H16N4/c1-8(2,3)10-5-4-7-9-6-11-12-7/h6,10H,4-5H2,1-3H3,(H,9,11,12). The molecule has 2 N–H and O–H groups in total. The first-order valence-corrected chi connectivity index (χ1v) is 4.17. The molecule has 0 radical (unpaired) electrons. The fourth-order valence-electron chi connectivity index (χ4n) is 0.907. The summed E-state index contributed by atoms with van der Waals surface area (Å²) in [7, 11) is 0. The van der Waals surface area contributed by atoms with Crippen LogP contribution in [-0.2, 0) is 6.42 Å². The molecule has 1 heterocycles. The Bertz CT molecular complexity index is 209. The summed E-state index contributed by atoms with van der Waals surface area (Å²) in [6.07, 6.45) is 2.43. The van der Waals surface area contributed by atoms with Gasteiger partial charge in [-0.2, -0.15) is 5.10 Å². The van der Waals surface area contributed by atoms with Gasteiger partial charge in [-0.3, -0.25) is 5.10 Å². The van der Waals surface area contributed by atoms with Crippen molar-refractivity contribution in [2.75, 3.05) is 6.54 Å². The van der Waals surface area contributed by atoms with Gasteiger partial charge < -0.3 is 5.32 Å². The first-order chi connectivity index (χ1) is 5.58. The predicted octanol–water partition coefficient (Wildman–Crippen LogP) is 0.735. The molecular weight excluding hydrogens is 152 g/mol. The quantitative estimate of drug-likeness (QED) is 0.699. The summed E-state index contributed by atoms with van der Waals surface area (Å²) in [5, 5.41) is 9.97. The van der Waals surface area contributed by atoms with Crippen LogP contribution in [0.3, 0.4) is 0 Å². The summed E-state index contributed by atoms with van der Waals surface area (Å²) in [4.78, 5) is 4.03. The van der Waals surface area contributed by atoms with Crippen molar-refractivity contribution in [2.45, 2.75) is 32.7 Å². The highest BCUT2D eigenvalue weighted by Gasteiger charge is 2.07. The van der Waals surface area contributed by atoms with Gasteiger partial charge in [0.15, 0.2) is 0 Å². The predicted molar refractivity (Wildman–Crippen MR) is 47.8 cm³/mol. The molecule has 0 aliphatic carbocycles. The molecule has 1 rings (SSSR count). The molecule has 0 amide bonds. The molecule has 4 heteroatoms. The lowest BCUT2D eigenvalue weighted by atomic mass is 10.1. The van der Waals surface area contributed by atoms with E-state index in [9.17, 15) is 0 Å². The van der Waals surface area contributed by atoms with Crippen molar-refractivity contribution in [2.24, 2.45) is 0 Å². The van der Waals surface area contributed by atoms with Crippen molar-refractivity contribution in [3.05, 3.63) is 12.2 Å². The molecule has 0 unspecified atom stereocenters. The van der Waals surface area contributed by atoms with Gasteiger partial charge in [-0.1, -0.05) is 0 Å². The Morgan fingerprint density at radius 2 is 2.25 bits per heavy atom. The Labute approximate surface area is 72.8 Å². The molecule has 1 aromatic rings. The molecule has 1 aromatic heterocycles. The zero-order valence-electron chi connectivity index (χ0n) is 7.89. The first-order valence-electron chi connectivity index (χ1n) is 4.17. The Morgan fingerprint density at radius 1 is 1.50 bits per heavy atom. The molecule has 0 saturated heterocycles. The lowest BCUT2D eigenvalue weighted by molar-refractivity contribution is 0.427. The molecule has 0 bridgehead atoms. The van der Waals surface area contributed by atoms with Gasteiger partial charge in [0.2, 0.25) is 0 Å². The summed E-state index contributed by atoms with van der Waals surface area (Å²) in [5.41, 5.74) is 0.181. The third-order valence-electron chi connectivity index (χ3n) is 1.48. The van der Waals surface area contributed by atoms with Crippen LogP contribution in [0.1, 0.15) is 26.6 Å². The normalized spacial score (nSPS) is 11.9. The van der Waals surface area contributed by atoms with Crippen LogP contribution in [0.2, 0.25) is 0 Å². The number of nitrogens with one attached hydrogen (secondary N) is 2. The van der Waals surface area contributed by atoms with Gasteiger partial charge >= 0.3 is 0 Å². The van der Waals surface area contributed by atoms with E-state index in [0.29, 0.717) is 0 Å². The highest BCUT2D eigenvalue weighted by molar-refractivity contribution is 4.82. The van der Waals surface area contributed by atoms with Crippen LogP contribution in [0.4, 0.5) is 0 Å². The van der Waals surface area contributed by atoms with Gasteiger partial charge in [0.1, 0.15) is 12.2 Å². The highest BCUT2D eigenvalue weighted by atomic mass is 15.2. The van der Waals surface area contributed by atoms with Gasteiger partial charge in [-0.15, -0.1) is 0 Å². The topological polar surface area (TPSA) is 53.6 Å². The number of nitrogens with zero attached hydrogens (tertiary/aromatic N) is 2. The monoisotopic (exact) mass is 168 g/mol. The summed E-state index contributed by atoms with van der Waals surface area (Å²) >= 11 is 0. The van der Waals surface area contributed by atoms with Crippen LogP contribution in [0.25, 0.3) is 0 Å². The molecular formula is C8H16N4. The maximum atomic E-state index is 4.03. The molecule has 0 aliphatic heterocycles. The van der Waals surface area contributed by atoms with Crippen molar-refractivity contribution in [1.82, 2.24) is 20.5 Å². The number of rotatable bonds is 3. The van der Waals surface area contributed by atoms with E-state index in [1.165, 1.54) is 6.33 Å². The van der Waals surface area contributed by atoms with Crippen LogP contribution in [0, 0.1) is 0 Å². The Hall–Kier alpha value is -0.900. The second-order valence-electron chi connectivity index (χ2n) is 3.86. The van der Waals surface area contributed by atoms with Crippen molar-refractivity contribution < 1.29 is 0 Å². The highest BCUT2D eigenvalue weighted by Crippen LogP contribution is 1.98. The van der Waals surface area contributed by atoms with E-state index in [4.69, 9.17) is 0 Å². The molecule has 0 fully saturated rings. The number of aromatic amines is 1. The molecule has 68 valence electrons. The van der Waals surface area contributed by atoms with Crippen molar-refractivity contribution in [1.29, 1.82) is 0 Å². The van der Waals surface area contributed by atoms with Crippen molar-refractivity contribution in [3.8, 4) is 0 Å². The molecule has 0 spiro atoms. The summed E-state index contributed by atoms with van der Waals surface area (Å²) in [6, 6.07) is 0. The van der Waals surface area contributed by atoms with E-state index in [0.717, 1.165) is 18.8 Å². The van der Waals surface area contributed by atoms with E-state index in [-0.39, 0.29) is 5.54 Å². The van der Waals surface area contributed by atoms with Gasteiger partial charge in [-0.05, 0) is 20.8 Å². The minimum Gasteiger partial charge on any atom is -0.312 e. The largest absolute Gasteiger partial charge is 0.312 e. The molecule has 0 aliphatic rings. The molecule has 0 atom stereocenters. The average molecular weight is 168 g/mol. The van der Waals surface area contributed by atoms with Gasteiger partial charge in [0.05, 0.1) is 0 Å². The minimum absolute atomic E-state index is 0.181. The van der Waals surface area contributed by atoms with E-state index in [1.807, 2.05) is 0 Å². The maximum absolute atomic E-state index is 4.03. The average Bonchev–Trinajstić information content (AvgIpc) is 2.36. The second kappa shape index (κ2) is 3.67. The fourth-order valence-corrected chi connectivity index (χ4v) is 0.907. The minimum atomic E-state index is 0.181. The first kappa shape index (κ1) is 9.19. The third kappa shape index (κ3) is 3.48. The third-order valence-corrected chi connectivity index (χ3v) is 1.48. The van der Waals surface area contributed by atoms with Crippen LogP contribution < -0.4 is 5.32 Å². The van der Waals surface area contributed by atoms with Crippen LogP contribution in [0.5, 0.6) is 0 Å². The summed E-state index contributed by atoms with van der Waals surface area (Å²) in [6.45, 7) is 7.37. The van der Waals surface area contributed by atoms with Crippen molar-refractivity contribution in [3.63, 3.8) is 0 Å². The zero-order chi connectivity index (χ0) is 9.03. The molecule has 12 heavy (non-hydrogen) atoms. The second-order valence-corrected chi connectivity index (χ2v) is 3.86. The van der Waals surface area contributed by atoms with Gasteiger partial charge in [0, 0.05) is 18.5 Å². The smallest absolute Gasteiger partial charge is 0.137 e. The molecule has 0 saturated carbocycles. The number of hydrogen-bond acceptors (Lipinski definition) is 3. The van der Waals surface area contributed by atoms with Crippen LogP contribution in [-0.4, -0.2) is 27.3 Å². The van der Waals surface area contributed by atoms with Crippen LogP contribution >= 0.6 is 0 Å². The maximum Gasteiger partial charge on any atom is 0.137 e. The fraction of sp³-hybridized carbons (Fsp3) is 0.750. The van der Waals surface area contributed by atoms with Crippen molar-refractivity contribution >= 4 is 0 Å². The van der Waals surface area contributed by atoms with E-state index < -0.39 is 0 Å². The Kier molecular flexibility index (Phi) is 2.81. The summed E-state index contributed by atoms with van der Waals surface area (Å²) < 4.78 is 0. The lowest BCUT2D eigenvalue weighted by Gasteiger charge is -2.19. The SMILES string of the molecule is CC(C)(C)NCCc1ncn[nH]1. The zero-order valence-corrected chi connectivity index (χ0v) is 7.89. The van der Waals surface area contributed by atoms with E-state index in [1.54, 1.807) is 0 Å². The number of hydrogen-bond donors (Lipinski definition) is 2. The number of H-pyrrole nitrogens is 1.